The molecule has 6 heteroatoms. The van der Waals surface area contributed by atoms with Gasteiger partial charge in [0, 0.05) is 23.6 Å². The highest BCUT2D eigenvalue weighted by atomic mass is 79.9. The zero-order valence-electron chi connectivity index (χ0n) is 10.7. The second-order valence-electron chi connectivity index (χ2n) is 4.27. The molecule has 0 bridgehead atoms. The standard InChI is InChI=1S/C13H15BrF3NO/c1-3-4-7-18(2)12(19)9-5-6-11(14)10(8-9)13(15,16)17/h5-6,8H,3-4,7H2,1-2H3. The van der Waals surface area contributed by atoms with Crippen molar-refractivity contribution in [3.8, 4) is 0 Å². The van der Waals surface area contributed by atoms with Gasteiger partial charge in [-0.2, -0.15) is 13.2 Å². The number of carbonyl (C=O) groups excluding carboxylic acids is 1. The average Bonchev–Trinajstić information content (AvgIpc) is 2.34. The Morgan fingerprint density at radius 2 is 2.00 bits per heavy atom. The van der Waals surface area contributed by atoms with Gasteiger partial charge in [-0.1, -0.05) is 29.3 Å². The summed E-state index contributed by atoms with van der Waals surface area (Å²) in [5.41, 5.74) is -0.781. The number of hydrogen-bond acceptors (Lipinski definition) is 1. The highest BCUT2D eigenvalue weighted by Gasteiger charge is 2.33. The van der Waals surface area contributed by atoms with Gasteiger partial charge in [0.05, 0.1) is 5.56 Å². The van der Waals surface area contributed by atoms with E-state index in [1.807, 2.05) is 6.92 Å². The van der Waals surface area contributed by atoms with Crippen LogP contribution in [0.15, 0.2) is 22.7 Å². The fourth-order valence-corrected chi connectivity index (χ4v) is 2.06. The minimum absolute atomic E-state index is 0.0501. The molecule has 0 aromatic heterocycles. The van der Waals surface area contributed by atoms with Gasteiger partial charge in [-0.3, -0.25) is 4.79 Å². The Hall–Kier alpha value is -1.04. The first-order chi connectivity index (χ1) is 8.77. The topological polar surface area (TPSA) is 20.3 Å². The normalized spacial score (nSPS) is 11.5. The summed E-state index contributed by atoms with van der Waals surface area (Å²) in [6, 6.07) is 3.53. The third-order valence-corrected chi connectivity index (χ3v) is 3.40. The van der Waals surface area contributed by atoms with Gasteiger partial charge in [0.15, 0.2) is 0 Å². The Bertz CT molecular complexity index is 460. The van der Waals surface area contributed by atoms with Gasteiger partial charge >= 0.3 is 6.18 Å². The summed E-state index contributed by atoms with van der Waals surface area (Å²) >= 11 is 2.85. The smallest absolute Gasteiger partial charge is 0.342 e. The molecule has 1 aromatic carbocycles. The molecule has 0 saturated heterocycles. The predicted molar refractivity (Wildman–Crippen MR) is 71.0 cm³/mol. The van der Waals surface area contributed by atoms with Crippen molar-refractivity contribution < 1.29 is 18.0 Å². The third-order valence-electron chi connectivity index (χ3n) is 2.71. The van der Waals surface area contributed by atoms with Gasteiger partial charge in [-0.05, 0) is 24.6 Å². The first kappa shape index (κ1) is 16.0. The number of carbonyl (C=O) groups is 1. The first-order valence-electron chi connectivity index (χ1n) is 5.89. The molecule has 0 aliphatic carbocycles. The van der Waals surface area contributed by atoms with E-state index in [-0.39, 0.29) is 10.0 Å². The van der Waals surface area contributed by atoms with Crippen molar-refractivity contribution in [1.29, 1.82) is 0 Å². The zero-order valence-corrected chi connectivity index (χ0v) is 12.3. The van der Waals surface area contributed by atoms with E-state index < -0.39 is 17.6 Å². The number of rotatable bonds is 4. The summed E-state index contributed by atoms with van der Waals surface area (Å²) in [4.78, 5) is 13.4. The van der Waals surface area contributed by atoms with E-state index in [0.29, 0.717) is 6.54 Å². The van der Waals surface area contributed by atoms with Gasteiger partial charge in [0.25, 0.3) is 5.91 Å². The maximum atomic E-state index is 12.7. The van der Waals surface area contributed by atoms with Crippen molar-refractivity contribution in [3.63, 3.8) is 0 Å². The van der Waals surface area contributed by atoms with E-state index in [9.17, 15) is 18.0 Å². The van der Waals surface area contributed by atoms with Gasteiger partial charge < -0.3 is 4.90 Å². The molecule has 2 nitrogen and oxygen atoms in total. The lowest BCUT2D eigenvalue weighted by atomic mass is 10.1. The van der Waals surface area contributed by atoms with E-state index in [4.69, 9.17) is 0 Å². The van der Waals surface area contributed by atoms with E-state index in [2.05, 4.69) is 15.9 Å². The van der Waals surface area contributed by atoms with Crippen molar-refractivity contribution in [2.24, 2.45) is 0 Å². The van der Waals surface area contributed by atoms with Crippen LogP contribution in [0.2, 0.25) is 0 Å². The number of amides is 1. The van der Waals surface area contributed by atoms with Gasteiger partial charge in [0.2, 0.25) is 0 Å². The third kappa shape index (κ3) is 4.23. The lowest BCUT2D eigenvalue weighted by molar-refractivity contribution is -0.138. The number of nitrogens with zero attached hydrogens (tertiary/aromatic N) is 1. The Morgan fingerprint density at radius 1 is 1.37 bits per heavy atom. The van der Waals surface area contributed by atoms with Crippen LogP contribution < -0.4 is 0 Å². The van der Waals surface area contributed by atoms with E-state index in [1.54, 1.807) is 7.05 Å². The van der Waals surface area contributed by atoms with Gasteiger partial charge in [0.1, 0.15) is 0 Å². The van der Waals surface area contributed by atoms with Crippen molar-refractivity contribution in [1.82, 2.24) is 4.90 Å². The van der Waals surface area contributed by atoms with Crippen LogP contribution >= 0.6 is 15.9 Å². The fourth-order valence-electron chi connectivity index (χ4n) is 1.59. The second kappa shape index (κ2) is 6.41. The largest absolute Gasteiger partial charge is 0.417 e. The zero-order chi connectivity index (χ0) is 14.6. The molecule has 19 heavy (non-hydrogen) atoms. The predicted octanol–water partition coefficient (Wildman–Crippen LogP) is 4.34. The lowest BCUT2D eigenvalue weighted by Crippen LogP contribution is -2.28. The SMILES string of the molecule is CCCCN(C)C(=O)c1ccc(Br)c(C(F)(F)F)c1. The van der Waals surface area contributed by atoms with Crippen LogP contribution in [0.25, 0.3) is 0 Å². The highest BCUT2D eigenvalue weighted by Crippen LogP contribution is 2.35. The van der Waals surface area contributed by atoms with Crippen LogP contribution in [-0.4, -0.2) is 24.4 Å². The molecule has 0 unspecified atom stereocenters. The Balaban J connectivity index is 2.99. The Labute approximate surface area is 118 Å². The van der Waals surface area contributed by atoms with Crippen LogP contribution in [0.1, 0.15) is 35.7 Å². The monoisotopic (exact) mass is 337 g/mol. The molecule has 0 N–H and O–H groups in total. The molecule has 0 radical (unpaired) electrons. The van der Waals surface area contributed by atoms with Crippen LogP contribution in [0.3, 0.4) is 0 Å². The summed E-state index contributed by atoms with van der Waals surface area (Å²) < 4.78 is 38.2. The summed E-state index contributed by atoms with van der Waals surface area (Å²) in [6.45, 7) is 2.52. The minimum atomic E-state index is -4.48. The molecular formula is C13H15BrF3NO. The molecule has 0 heterocycles. The molecule has 0 spiro atoms. The Morgan fingerprint density at radius 3 is 2.53 bits per heavy atom. The summed E-state index contributed by atoms with van der Waals surface area (Å²) in [5, 5.41) is 0. The molecule has 106 valence electrons. The number of alkyl halides is 3. The minimum Gasteiger partial charge on any atom is -0.342 e. The van der Waals surface area contributed by atoms with E-state index >= 15 is 0 Å². The van der Waals surface area contributed by atoms with Gasteiger partial charge in [-0.25, -0.2) is 0 Å². The van der Waals surface area contributed by atoms with Crippen molar-refractivity contribution >= 4 is 21.8 Å². The molecule has 1 amide bonds. The first-order valence-corrected chi connectivity index (χ1v) is 6.69. The van der Waals surface area contributed by atoms with Crippen molar-refractivity contribution in [2.75, 3.05) is 13.6 Å². The van der Waals surface area contributed by atoms with Crippen LogP contribution in [0.5, 0.6) is 0 Å². The Kier molecular flexibility index (Phi) is 5.40. The average molecular weight is 338 g/mol. The van der Waals surface area contributed by atoms with Crippen molar-refractivity contribution in [2.45, 2.75) is 25.9 Å². The molecule has 0 saturated carbocycles. The van der Waals surface area contributed by atoms with Gasteiger partial charge in [-0.15, -0.1) is 0 Å². The molecule has 0 aliphatic rings. The summed E-state index contributed by atoms with van der Waals surface area (Å²) in [7, 11) is 1.59. The maximum Gasteiger partial charge on any atom is 0.417 e. The van der Waals surface area contributed by atoms with Crippen LogP contribution in [0, 0.1) is 0 Å². The molecule has 0 atom stereocenters. The number of halogens is 4. The lowest BCUT2D eigenvalue weighted by Gasteiger charge is -2.18. The maximum absolute atomic E-state index is 12.7. The summed E-state index contributed by atoms with van der Waals surface area (Å²) in [5.74, 6) is -0.397. The van der Waals surface area contributed by atoms with Crippen LogP contribution in [-0.2, 0) is 6.18 Å². The molecule has 0 aliphatic heterocycles. The fraction of sp³-hybridized carbons (Fsp3) is 0.462. The highest BCUT2D eigenvalue weighted by molar-refractivity contribution is 9.10. The number of hydrogen-bond donors (Lipinski definition) is 0. The van der Waals surface area contributed by atoms with Crippen molar-refractivity contribution in [3.05, 3.63) is 33.8 Å². The van der Waals surface area contributed by atoms with E-state index in [0.717, 1.165) is 18.9 Å². The summed E-state index contributed by atoms with van der Waals surface area (Å²) in [6.07, 6.45) is -2.73. The quantitative estimate of drug-likeness (QED) is 0.800. The number of unbranched alkanes of at least 4 members (excludes halogenated alkanes) is 1. The molecule has 1 aromatic rings. The van der Waals surface area contributed by atoms with E-state index in [1.165, 1.54) is 17.0 Å². The van der Waals surface area contributed by atoms with Crippen LogP contribution in [0.4, 0.5) is 13.2 Å². The molecule has 1 rings (SSSR count). The second-order valence-corrected chi connectivity index (χ2v) is 5.13. The number of benzene rings is 1. The molecule has 0 fully saturated rings. The molecular weight excluding hydrogens is 323 g/mol.